The van der Waals surface area contributed by atoms with E-state index in [1.165, 1.54) is 9.91 Å². The quantitative estimate of drug-likeness (QED) is 0.563. The molecule has 2 aliphatic heterocycles. The Kier molecular flexibility index (Phi) is 7.32. The molecule has 9 nitrogen and oxygen atoms in total. The van der Waals surface area contributed by atoms with Gasteiger partial charge in [0, 0.05) is 26.5 Å². The predicted octanol–water partition coefficient (Wildman–Crippen LogP) is 2.99. The molecule has 0 aromatic heterocycles. The third-order valence-electron chi connectivity index (χ3n) is 5.92. The number of hydrogen-bond acceptors (Lipinski definition) is 7. The van der Waals surface area contributed by atoms with Gasteiger partial charge in [0.05, 0.1) is 25.5 Å². The minimum absolute atomic E-state index is 0.0729. The molecule has 9 heteroatoms. The van der Waals surface area contributed by atoms with Gasteiger partial charge in [0.2, 0.25) is 12.7 Å². The van der Waals surface area contributed by atoms with Crippen molar-refractivity contribution in [3.63, 3.8) is 0 Å². The smallest absolute Gasteiger partial charge is 0.262 e. The first kappa shape index (κ1) is 23.6. The average Bonchev–Trinajstić information content (AvgIpc) is 3.53. The second-order valence-corrected chi connectivity index (χ2v) is 8.01. The summed E-state index contributed by atoms with van der Waals surface area (Å²) in [5.74, 6) is 1.70. The summed E-state index contributed by atoms with van der Waals surface area (Å²) in [4.78, 5) is 27.4. The fourth-order valence-corrected chi connectivity index (χ4v) is 4.03. The van der Waals surface area contributed by atoms with Crippen LogP contribution in [0, 0.1) is 0 Å². The summed E-state index contributed by atoms with van der Waals surface area (Å²) in [7, 11) is 3.18. The van der Waals surface area contributed by atoms with Crippen LogP contribution >= 0.6 is 0 Å². The van der Waals surface area contributed by atoms with E-state index in [1.54, 1.807) is 21.1 Å². The molecule has 0 radical (unpaired) electrons. The van der Waals surface area contributed by atoms with E-state index in [9.17, 15) is 9.59 Å². The molecular formula is C25H29N3O6. The number of carbonyl (C=O) groups is 2. The number of hydrogen-bond donors (Lipinski definition) is 0. The summed E-state index contributed by atoms with van der Waals surface area (Å²) in [6, 6.07) is 12.9. The van der Waals surface area contributed by atoms with Crippen molar-refractivity contribution in [3.8, 4) is 17.2 Å². The summed E-state index contributed by atoms with van der Waals surface area (Å²) < 4.78 is 21.3. The number of fused-ring (bicyclic) bond motifs is 1. The minimum Gasteiger partial charge on any atom is -0.497 e. The van der Waals surface area contributed by atoms with Gasteiger partial charge in [-0.3, -0.25) is 9.59 Å². The van der Waals surface area contributed by atoms with E-state index in [-0.39, 0.29) is 31.2 Å². The summed E-state index contributed by atoms with van der Waals surface area (Å²) >= 11 is 0. The molecule has 2 heterocycles. The molecule has 1 unspecified atom stereocenters. The average molecular weight is 468 g/mol. The Morgan fingerprint density at radius 3 is 2.59 bits per heavy atom. The van der Waals surface area contributed by atoms with E-state index in [0.717, 1.165) is 22.6 Å². The van der Waals surface area contributed by atoms with Crippen LogP contribution in [-0.2, 0) is 14.3 Å². The predicted molar refractivity (Wildman–Crippen MR) is 125 cm³/mol. The molecule has 0 saturated heterocycles. The first-order valence-electron chi connectivity index (χ1n) is 11.2. The van der Waals surface area contributed by atoms with Crippen molar-refractivity contribution in [2.24, 2.45) is 5.10 Å². The van der Waals surface area contributed by atoms with Crippen LogP contribution in [0.4, 0.5) is 0 Å². The molecule has 2 aromatic carbocycles. The Morgan fingerprint density at radius 1 is 1.12 bits per heavy atom. The highest BCUT2D eigenvalue weighted by atomic mass is 16.7. The van der Waals surface area contributed by atoms with Crippen molar-refractivity contribution in [1.82, 2.24) is 9.91 Å². The number of amides is 2. The maximum Gasteiger partial charge on any atom is 0.262 e. The van der Waals surface area contributed by atoms with Crippen LogP contribution in [0.25, 0.3) is 0 Å². The van der Waals surface area contributed by atoms with Gasteiger partial charge in [-0.15, -0.1) is 0 Å². The normalized spacial score (nSPS) is 16.4. The number of methoxy groups -OCH3 is 2. The number of carbonyl (C=O) groups excluding carboxylic acids is 2. The molecular weight excluding hydrogens is 438 g/mol. The molecule has 2 aromatic rings. The van der Waals surface area contributed by atoms with Gasteiger partial charge in [-0.25, -0.2) is 5.01 Å². The Balaban J connectivity index is 1.62. The second kappa shape index (κ2) is 10.6. The van der Waals surface area contributed by atoms with E-state index in [0.29, 0.717) is 37.5 Å². The molecule has 0 N–H and O–H groups in total. The van der Waals surface area contributed by atoms with E-state index in [2.05, 4.69) is 0 Å². The van der Waals surface area contributed by atoms with Gasteiger partial charge in [-0.1, -0.05) is 13.0 Å². The topological polar surface area (TPSA) is 89.9 Å². The molecule has 0 bridgehead atoms. The fourth-order valence-electron chi connectivity index (χ4n) is 4.03. The van der Waals surface area contributed by atoms with E-state index in [1.807, 2.05) is 42.5 Å². The van der Waals surface area contributed by atoms with Crippen molar-refractivity contribution in [2.75, 3.05) is 40.7 Å². The Hall–Kier alpha value is -3.59. The van der Waals surface area contributed by atoms with Crippen LogP contribution in [0.15, 0.2) is 47.6 Å². The van der Waals surface area contributed by atoms with E-state index in [4.69, 9.17) is 24.0 Å². The lowest BCUT2D eigenvalue weighted by Crippen LogP contribution is -2.42. The number of benzene rings is 2. The van der Waals surface area contributed by atoms with Crippen LogP contribution < -0.4 is 14.2 Å². The van der Waals surface area contributed by atoms with Gasteiger partial charge in [0.25, 0.3) is 5.91 Å². The van der Waals surface area contributed by atoms with E-state index >= 15 is 0 Å². The largest absolute Gasteiger partial charge is 0.497 e. The van der Waals surface area contributed by atoms with Gasteiger partial charge in [0.1, 0.15) is 12.3 Å². The highest BCUT2D eigenvalue weighted by Gasteiger charge is 2.35. The highest BCUT2D eigenvalue weighted by Crippen LogP contribution is 2.39. The Bertz CT molecular complexity index is 1070. The number of ether oxygens (including phenoxy) is 4. The van der Waals surface area contributed by atoms with Gasteiger partial charge in [0.15, 0.2) is 11.5 Å². The summed E-state index contributed by atoms with van der Waals surface area (Å²) in [5, 5.41) is 6.19. The first-order chi connectivity index (χ1) is 16.5. The van der Waals surface area contributed by atoms with E-state index < -0.39 is 0 Å². The Morgan fingerprint density at radius 2 is 1.88 bits per heavy atom. The first-order valence-corrected chi connectivity index (χ1v) is 11.2. The summed E-state index contributed by atoms with van der Waals surface area (Å²) in [6.07, 6.45) is 0.834. The van der Waals surface area contributed by atoms with Gasteiger partial charge >= 0.3 is 0 Å². The molecule has 180 valence electrons. The monoisotopic (exact) mass is 467 g/mol. The molecule has 4 rings (SSSR count). The van der Waals surface area contributed by atoms with Gasteiger partial charge in [-0.05, 0) is 47.5 Å². The number of nitrogens with zero attached hydrogens (tertiary/aromatic N) is 3. The zero-order chi connectivity index (χ0) is 24.1. The third kappa shape index (κ3) is 4.99. The van der Waals surface area contributed by atoms with Crippen molar-refractivity contribution >= 4 is 17.5 Å². The molecule has 0 fully saturated rings. The van der Waals surface area contributed by atoms with Crippen LogP contribution in [0.2, 0.25) is 0 Å². The lowest BCUT2D eigenvalue weighted by molar-refractivity contribution is -0.141. The van der Waals surface area contributed by atoms with Gasteiger partial charge < -0.3 is 23.8 Å². The fraction of sp³-hybridized carbons (Fsp3) is 0.400. The maximum atomic E-state index is 13.4. The molecule has 0 aliphatic carbocycles. The molecule has 1 atom stereocenters. The molecule has 0 saturated carbocycles. The lowest BCUT2D eigenvalue weighted by Gasteiger charge is -2.26. The van der Waals surface area contributed by atoms with Crippen molar-refractivity contribution < 1.29 is 28.5 Å². The molecule has 2 aliphatic rings. The second-order valence-electron chi connectivity index (χ2n) is 8.01. The molecule has 34 heavy (non-hydrogen) atoms. The van der Waals surface area contributed by atoms with Gasteiger partial charge in [-0.2, -0.15) is 5.10 Å². The van der Waals surface area contributed by atoms with Crippen molar-refractivity contribution in [3.05, 3.63) is 53.6 Å². The summed E-state index contributed by atoms with van der Waals surface area (Å²) in [5.41, 5.74) is 2.57. The Labute approximate surface area is 198 Å². The third-order valence-corrected chi connectivity index (χ3v) is 5.92. The van der Waals surface area contributed by atoms with Crippen molar-refractivity contribution in [2.45, 2.75) is 25.8 Å². The number of rotatable bonds is 9. The minimum atomic E-state index is -0.333. The van der Waals surface area contributed by atoms with Crippen LogP contribution in [0.1, 0.15) is 36.9 Å². The van der Waals surface area contributed by atoms with Crippen LogP contribution in [0.5, 0.6) is 17.2 Å². The number of hydrazone groups is 1. The van der Waals surface area contributed by atoms with Crippen molar-refractivity contribution in [1.29, 1.82) is 0 Å². The zero-order valence-electron chi connectivity index (χ0n) is 19.7. The highest BCUT2D eigenvalue weighted by molar-refractivity contribution is 6.03. The molecule has 2 amide bonds. The summed E-state index contributed by atoms with van der Waals surface area (Å²) in [6.45, 7) is 2.57. The lowest BCUT2D eigenvalue weighted by atomic mass is 9.98. The maximum absolute atomic E-state index is 13.4. The van der Waals surface area contributed by atoms with Crippen LogP contribution in [0.3, 0.4) is 0 Å². The molecule has 0 spiro atoms. The zero-order valence-corrected chi connectivity index (χ0v) is 19.7. The van der Waals surface area contributed by atoms with Crippen LogP contribution in [-0.4, -0.2) is 68.1 Å². The SMILES string of the molecule is CCC(=O)N(CCOC)CC(=O)N1N=C(c2ccc(OC)cc2)CC1c1ccc2c(c1)OCO2. The standard InChI is InChI=1S/C25H29N3O6/c1-4-24(29)27(11-12-31-2)15-25(30)28-21(18-7-10-22-23(13-18)34-16-33-22)14-20(26-28)17-5-8-19(32-3)9-6-17/h5-10,13,21H,4,11-12,14-16H2,1-3H3.